The zero-order chi connectivity index (χ0) is 11.8. The third kappa shape index (κ3) is 5.57. The van der Waals surface area contributed by atoms with Gasteiger partial charge in [0.25, 0.3) is 0 Å². The van der Waals surface area contributed by atoms with Crippen molar-refractivity contribution in [1.29, 1.82) is 0 Å². The molecule has 0 aliphatic rings. The molecule has 88 valence electrons. The lowest BCUT2D eigenvalue weighted by Gasteiger charge is -2.28. The van der Waals surface area contributed by atoms with Crippen molar-refractivity contribution in [3.63, 3.8) is 0 Å². The minimum Gasteiger partial charge on any atom is -0.478 e. The first-order valence-electron chi connectivity index (χ1n) is 5.68. The number of rotatable bonds is 8. The monoisotopic (exact) mass is 213 g/mol. The summed E-state index contributed by atoms with van der Waals surface area (Å²) < 4.78 is 0. The van der Waals surface area contributed by atoms with Crippen molar-refractivity contribution in [3.8, 4) is 0 Å². The summed E-state index contributed by atoms with van der Waals surface area (Å²) >= 11 is 0. The maximum atomic E-state index is 10.7. The Kier molecular flexibility index (Phi) is 7.05. The second-order valence-electron chi connectivity index (χ2n) is 4.00. The van der Waals surface area contributed by atoms with E-state index >= 15 is 0 Å². The van der Waals surface area contributed by atoms with Crippen molar-refractivity contribution < 1.29 is 9.90 Å². The fraction of sp³-hybridized carbons (Fsp3) is 0.750. The Hall–Kier alpha value is -0.830. The molecule has 0 heterocycles. The Labute approximate surface area is 92.8 Å². The molecule has 15 heavy (non-hydrogen) atoms. The zero-order valence-electron chi connectivity index (χ0n) is 10.1. The highest BCUT2D eigenvalue weighted by Crippen LogP contribution is 2.11. The van der Waals surface area contributed by atoms with Gasteiger partial charge in [-0.05, 0) is 39.3 Å². The van der Waals surface area contributed by atoms with E-state index < -0.39 is 5.97 Å². The predicted octanol–water partition coefficient (Wildman–Crippen LogP) is 2.53. The van der Waals surface area contributed by atoms with Crippen LogP contribution in [0.15, 0.2) is 12.2 Å². The number of hydrogen-bond donors (Lipinski definition) is 1. The Morgan fingerprint density at radius 1 is 1.33 bits per heavy atom. The fourth-order valence-electron chi connectivity index (χ4n) is 1.70. The van der Waals surface area contributed by atoms with Gasteiger partial charge < -0.3 is 10.0 Å². The van der Waals surface area contributed by atoms with Crippen LogP contribution in [-0.2, 0) is 4.79 Å². The van der Waals surface area contributed by atoms with E-state index in [1.165, 1.54) is 0 Å². The van der Waals surface area contributed by atoms with Crippen molar-refractivity contribution in [2.24, 2.45) is 0 Å². The predicted molar refractivity (Wildman–Crippen MR) is 63.0 cm³/mol. The number of carboxylic acids is 1. The summed E-state index contributed by atoms with van der Waals surface area (Å²) in [5.74, 6) is -0.880. The number of aliphatic carboxylic acids is 1. The lowest BCUT2D eigenvalue weighted by Crippen LogP contribution is -2.35. The molecular formula is C12H23NO2. The largest absolute Gasteiger partial charge is 0.478 e. The minimum atomic E-state index is -0.880. The standard InChI is InChI=1S/C12H23NO2/c1-5-7-13(8-6-2)11(4)9-10(3)12(14)15/h11H,3,5-9H2,1-2,4H3,(H,14,15). The van der Waals surface area contributed by atoms with Crippen LogP contribution in [0.4, 0.5) is 0 Å². The Bertz CT molecular complexity index is 208. The maximum absolute atomic E-state index is 10.7. The smallest absolute Gasteiger partial charge is 0.331 e. The minimum absolute atomic E-state index is 0.272. The van der Waals surface area contributed by atoms with Gasteiger partial charge in [0.2, 0.25) is 0 Å². The molecular weight excluding hydrogens is 190 g/mol. The average Bonchev–Trinajstić information content (AvgIpc) is 2.17. The summed E-state index contributed by atoms with van der Waals surface area (Å²) in [6.07, 6.45) is 2.75. The zero-order valence-corrected chi connectivity index (χ0v) is 10.1. The molecule has 0 aliphatic carbocycles. The molecule has 0 bridgehead atoms. The van der Waals surface area contributed by atoms with Gasteiger partial charge in [0.05, 0.1) is 0 Å². The van der Waals surface area contributed by atoms with Crippen LogP contribution < -0.4 is 0 Å². The number of nitrogens with zero attached hydrogens (tertiary/aromatic N) is 1. The van der Waals surface area contributed by atoms with E-state index in [2.05, 4.69) is 32.3 Å². The summed E-state index contributed by atoms with van der Waals surface area (Å²) in [7, 11) is 0. The molecule has 1 atom stereocenters. The molecule has 0 aromatic heterocycles. The van der Waals surface area contributed by atoms with Gasteiger partial charge in [-0.2, -0.15) is 0 Å². The highest BCUT2D eigenvalue weighted by atomic mass is 16.4. The van der Waals surface area contributed by atoms with Crippen molar-refractivity contribution in [2.75, 3.05) is 13.1 Å². The van der Waals surface area contributed by atoms with E-state index in [0.29, 0.717) is 12.0 Å². The van der Waals surface area contributed by atoms with Gasteiger partial charge in [-0.1, -0.05) is 20.4 Å². The molecule has 3 nitrogen and oxygen atoms in total. The van der Waals surface area contributed by atoms with Crippen molar-refractivity contribution in [1.82, 2.24) is 4.90 Å². The molecule has 0 fully saturated rings. The topological polar surface area (TPSA) is 40.5 Å². The molecule has 0 aliphatic heterocycles. The molecule has 0 radical (unpaired) electrons. The van der Waals surface area contributed by atoms with Crippen LogP contribution in [0.3, 0.4) is 0 Å². The Balaban J connectivity index is 4.17. The molecule has 0 aromatic carbocycles. The second kappa shape index (κ2) is 7.46. The molecule has 0 rings (SSSR count). The Morgan fingerprint density at radius 2 is 1.80 bits per heavy atom. The van der Waals surface area contributed by atoms with Crippen molar-refractivity contribution in [3.05, 3.63) is 12.2 Å². The number of carboxylic acid groups (broad SMARTS) is 1. The summed E-state index contributed by atoms with van der Waals surface area (Å²) in [5, 5.41) is 8.75. The molecule has 0 amide bonds. The average molecular weight is 213 g/mol. The van der Waals surface area contributed by atoms with Crippen LogP contribution in [0, 0.1) is 0 Å². The van der Waals surface area contributed by atoms with Crippen LogP contribution in [-0.4, -0.2) is 35.1 Å². The molecule has 1 N–H and O–H groups in total. The Morgan fingerprint density at radius 3 is 2.13 bits per heavy atom. The van der Waals surface area contributed by atoms with Gasteiger partial charge in [0, 0.05) is 11.6 Å². The normalized spacial score (nSPS) is 12.8. The third-order valence-electron chi connectivity index (χ3n) is 2.49. The first-order valence-corrected chi connectivity index (χ1v) is 5.68. The quantitative estimate of drug-likeness (QED) is 0.630. The first-order chi connectivity index (χ1) is 7.02. The van der Waals surface area contributed by atoms with Crippen molar-refractivity contribution >= 4 is 5.97 Å². The van der Waals surface area contributed by atoms with Gasteiger partial charge >= 0.3 is 5.97 Å². The van der Waals surface area contributed by atoms with Gasteiger partial charge in [-0.25, -0.2) is 4.79 Å². The summed E-state index contributed by atoms with van der Waals surface area (Å²) in [6.45, 7) is 12.0. The molecule has 0 aromatic rings. The van der Waals surface area contributed by atoms with Crippen LogP contribution in [0.25, 0.3) is 0 Å². The van der Waals surface area contributed by atoms with Gasteiger partial charge in [-0.15, -0.1) is 0 Å². The van der Waals surface area contributed by atoms with Gasteiger partial charge in [0.1, 0.15) is 0 Å². The molecule has 0 spiro atoms. The van der Waals surface area contributed by atoms with Crippen LogP contribution in [0.5, 0.6) is 0 Å². The SMILES string of the molecule is C=C(CC(C)N(CCC)CCC)C(=O)O. The third-order valence-corrected chi connectivity index (χ3v) is 2.49. The van der Waals surface area contributed by atoms with Crippen LogP contribution >= 0.6 is 0 Å². The highest BCUT2D eigenvalue weighted by molar-refractivity contribution is 5.85. The van der Waals surface area contributed by atoms with E-state index in [9.17, 15) is 4.79 Å². The second-order valence-corrected chi connectivity index (χ2v) is 4.00. The van der Waals surface area contributed by atoms with Gasteiger partial charge in [-0.3, -0.25) is 0 Å². The van der Waals surface area contributed by atoms with E-state index in [1.54, 1.807) is 0 Å². The lowest BCUT2D eigenvalue weighted by atomic mass is 10.1. The first kappa shape index (κ1) is 14.2. The van der Waals surface area contributed by atoms with E-state index in [-0.39, 0.29) is 6.04 Å². The van der Waals surface area contributed by atoms with Crippen LogP contribution in [0.1, 0.15) is 40.0 Å². The summed E-state index contributed by atoms with van der Waals surface area (Å²) in [6, 6.07) is 0.272. The van der Waals surface area contributed by atoms with Crippen LogP contribution in [0.2, 0.25) is 0 Å². The van der Waals surface area contributed by atoms with E-state index in [1.807, 2.05) is 0 Å². The molecule has 1 unspecified atom stereocenters. The summed E-state index contributed by atoms with van der Waals surface area (Å²) in [4.78, 5) is 13.0. The molecule has 0 saturated heterocycles. The highest BCUT2D eigenvalue weighted by Gasteiger charge is 2.15. The van der Waals surface area contributed by atoms with Gasteiger partial charge in [0.15, 0.2) is 0 Å². The summed E-state index contributed by atoms with van der Waals surface area (Å²) in [5.41, 5.74) is 0.305. The van der Waals surface area contributed by atoms with Crippen molar-refractivity contribution in [2.45, 2.75) is 46.1 Å². The lowest BCUT2D eigenvalue weighted by molar-refractivity contribution is -0.132. The van der Waals surface area contributed by atoms with E-state index in [4.69, 9.17) is 5.11 Å². The fourth-order valence-corrected chi connectivity index (χ4v) is 1.70. The van der Waals surface area contributed by atoms with E-state index in [0.717, 1.165) is 25.9 Å². The number of hydrogen-bond acceptors (Lipinski definition) is 2. The number of carbonyl (C=O) groups is 1. The molecule has 3 heteroatoms. The maximum Gasteiger partial charge on any atom is 0.331 e. The molecule has 0 saturated carbocycles.